The topological polar surface area (TPSA) is 84.6 Å². The predicted molar refractivity (Wildman–Crippen MR) is 115 cm³/mol. The van der Waals surface area contributed by atoms with Crippen molar-refractivity contribution in [3.63, 3.8) is 0 Å². The fraction of sp³-hybridized carbons (Fsp3) is 0.500. The van der Waals surface area contributed by atoms with Crippen molar-refractivity contribution in [2.24, 2.45) is 0 Å². The van der Waals surface area contributed by atoms with Gasteiger partial charge in [-0.1, -0.05) is 0 Å². The minimum absolute atomic E-state index is 0.157. The van der Waals surface area contributed by atoms with Gasteiger partial charge in [0.15, 0.2) is 18.2 Å². The first kappa shape index (κ1) is 25.8. The van der Waals surface area contributed by atoms with Crippen molar-refractivity contribution in [3.8, 4) is 5.88 Å². The van der Waals surface area contributed by atoms with Crippen LogP contribution in [0.5, 0.6) is 5.88 Å². The predicted octanol–water partition coefficient (Wildman–Crippen LogP) is 4.47. The van der Waals surface area contributed by atoms with Crippen molar-refractivity contribution >= 4 is 23.4 Å². The number of carbonyl (C=O) groups is 1. The number of ether oxygens (including phenoxy) is 1. The van der Waals surface area contributed by atoms with E-state index in [-0.39, 0.29) is 29.8 Å². The number of nitrogens with two attached hydrogens (primary N) is 1. The molecule has 4 rings (SSSR count). The normalized spacial score (nSPS) is 18.6. The van der Waals surface area contributed by atoms with Crippen LogP contribution in [0.15, 0.2) is 24.3 Å². The van der Waals surface area contributed by atoms with Crippen LogP contribution < -0.4 is 20.3 Å². The number of amides is 1. The second kappa shape index (κ2) is 9.28. The molecule has 2 aromatic rings. The first-order chi connectivity index (χ1) is 16.8. The van der Waals surface area contributed by atoms with Crippen LogP contribution >= 0.6 is 0 Å². The van der Waals surface area contributed by atoms with Crippen LogP contribution in [-0.4, -0.2) is 53.2 Å². The number of hydrogen-bond donors (Lipinski definition) is 1. The number of benzene rings is 1. The number of alkyl halides is 5. The molecule has 1 aromatic carbocycles. The van der Waals surface area contributed by atoms with E-state index in [0.29, 0.717) is 38.8 Å². The lowest BCUT2D eigenvalue weighted by Crippen LogP contribution is -2.60. The van der Waals surface area contributed by atoms with Crippen molar-refractivity contribution in [3.05, 3.63) is 35.9 Å². The molecule has 196 valence electrons. The highest BCUT2D eigenvalue weighted by Gasteiger charge is 2.58. The minimum atomic E-state index is -5.79. The molecule has 0 radical (unpaired) electrons. The van der Waals surface area contributed by atoms with Gasteiger partial charge < -0.3 is 20.3 Å². The second-order valence-corrected chi connectivity index (χ2v) is 8.81. The molecule has 14 heteroatoms. The van der Waals surface area contributed by atoms with E-state index in [4.69, 9.17) is 5.73 Å². The summed E-state index contributed by atoms with van der Waals surface area (Å²) in [5.41, 5.74) is 5.20. The summed E-state index contributed by atoms with van der Waals surface area (Å²) in [7, 11) is 0. The summed E-state index contributed by atoms with van der Waals surface area (Å²) in [6, 6.07) is 4.40. The Kier molecular flexibility index (Phi) is 6.64. The van der Waals surface area contributed by atoms with Gasteiger partial charge in [0.25, 0.3) is 0 Å². The summed E-state index contributed by atoms with van der Waals surface area (Å²) in [5, 5.41) is 0. The SMILES string of the molecule is Nc1nc(OCC(F)(F)C(F)(F)F)cc(N2CCC3(CCCC(=O)N3c3ccc(F)c(F)c3)CC2)n1. The fourth-order valence-electron chi connectivity index (χ4n) is 4.64. The van der Waals surface area contributed by atoms with Crippen LogP contribution in [-0.2, 0) is 4.79 Å². The molecule has 2 aliphatic rings. The third-order valence-corrected chi connectivity index (χ3v) is 6.46. The second-order valence-electron chi connectivity index (χ2n) is 8.81. The molecule has 7 nitrogen and oxygen atoms in total. The first-order valence-electron chi connectivity index (χ1n) is 11.1. The minimum Gasteiger partial charge on any atom is -0.471 e. The van der Waals surface area contributed by atoms with Gasteiger partial charge in [-0.15, -0.1) is 0 Å². The lowest BCUT2D eigenvalue weighted by molar-refractivity contribution is -0.290. The highest BCUT2D eigenvalue weighted by atomic mass is 19.4. The Morgan fingerprint density at radius 2 is 1.69 bits per heavy atom. The molecule has 2 aliphatic heterocycles. The van der Waals surface area contributed by atoms with Crippen molar-refractivity contribution in [1.29, 1.82) is 0 Å². The number of aromatic nitrogens is 2. The highest BCUT2D eigenvalue weighted by Crippen LogP contribution is 2.42. The molecule has 0 bridgehead atoms. The molecule has 0 aliphatic carbocycles. The van der Waals surface area contributed by atoms with Crippen LogP contribution in [0, 0.1) is 11.6 Å². The van der Waals surface area contributed by atoms with Gasteiger partial charge >= 0.3 is 12.1 Å². The Labute approximate surface area is 201 Å². The number of halogens is 7. The number of nitrogens with zero attached hydrogens (tertiary/aromatic N) is 4. The van der Waals surface area contributed by atoms with E-state index in [1.807, 2.05) is 0 Å². The highest BCUT2D eigenvalue weighted by molar-refractivity contribution is 5.95. The summed E-state index contributed by atoms with van der Waals surface area (Å²) in [6.45, 7) is -1.36. The van der Waals surface area contributed by atoms with Gasteiger partial charge in [-0.25, -0.2) is 8.78 Å². The Morgan fingerprint density at radius 3 is 2.33 bits per heavy atom. The zero-order valence-corrected chi connectivity index (χ0v) is 18.8. The van der Waals surface area contributed by atoms with Crippen LogP contribution in [0.4, 0.5) is 48.2 Å². The molecular formula is C22H22F7N5O2. The number of nitrogen functional groups attached to an aromatic ring is 1. The van der Waals surface area contributed by atoms with Crippen molar-refractivity contribution in [2.45, 2.75) is 49.7 Å². The molecule has 2 fully saturated rings. The Bertz CT molecular complexity index is 1140. The maximum atomic E-state index is 13.9. The van der Waals surface area contributed by atoms with Gasteiger partial charge in [0, 0.05) is 37.3 Å². The zero-order chi connectivity index (χ0) is 26.3. The van der Waals surface area contributed by atoms with E-state index in [9.17, 15) is 35.5 Å². The summed E-state index contributed by atoms with van der Waals surface area (Å²) < 4.78 is 95.7. The number of piperidine rings is 2. The molecule has 1 amide bonds. The molecule has 36 heavy (non-hydrogen) atoms. The van der Waals surface area contributed by atoms with Crippen molar-refractivity contribution in [2.75, 3.05) is 35.2 Å². The Morgan fingerprint density at radius 1 is 1.00 bits per heavy atom. The van der Waals surface area contributed by atoms with Gasteiger partial charge in [0.2, 0.25) is 17.7 Å². The molecule has 3 heterocycles. The van der Waals surface area contributed by atoms with Gasteiger partial charge in [-0.05, 0) is 37.8 Å². The van der Waals surface area contributed by atoms with Crippen LogP contribution in [0.2, 0.25) is 0 Å². The summed E-state index contributed by atoms with van der Waals surface area (Å²) in [5.74, 6) is -8.16. The average molecular weight is 521 g/mol. The quantitative estimate of drug-likeness (QED) is 0.585. The molecule has 0 atom stereocenters. The standard InChI is InChI=1S/C22H22F7N5O2/c23-14-4-3-13(10-15(14)24)34-18(35)2-1-5-20(34)6-8-33(9-7-20)16-11-17(32-19(30)31-16)36-12-21(25,26)22(27,28)29/h3-4,10-11H,1-2,5-9,12H2,(H2,30,31,32). The Balaban J connectivity index is 1.51. The molecule has 1 aromatic heterocycles. The smallest absolute Gasteiger partial charge is 0.456 e. The van der Waals surface area contributed by atoms with E-state index >= 15 is 0 Å². The third-order valence-electron chi connectivity index (χ3n) is 6.46. The third kappa shape index (κ3) is 4.98. The molecule has 2 saturated heterocycles. The average Bonchev–Trinajstić information content (AvgIpc) is 2.79. The summed E-state index contributed by atoms with van der Waals surface area (Å²) >= 11 is 0. The van der Waals surface area contributed by atoms with Gasteiger partial charge in [-0.3, -0.25) is 4.79 Å². The van der Waals surface area contributed by atoms with E-state index in [0.717, 1.165) is 18.2 Å². The maximum absolute atomic E-state index is 13.9. The van der Waals surface area contributed by atoms with E-state index in [1.54, 1.807) is 4.90 Å². The molecule has 2 N–H and O–H groups in total. The maximum Gasteiger partial charge on any atom is 0.456 e. The molecular weight excluding hydrogens is 499 g/mol. The first-order valence-corrected chi connectivity index (χ1v) is 11.1. The Hall–Kier alpha value is -3.32. The largest absolute Gasteiger partial charge is 0.471 e. The van der Waals surface area contributed by atoms with E-state index < -0.39 is 41.8 Å². The monoisotopic (exact) mass is 521 g/mol. The number of hydrogen-bond acceptors (Lipinski definition) is 6. The fourth-order valence-corrected chi connectivity index (χ4v) is 4.64. The van der Waals surface area contributed by atoms with Gasteiger partial charge in [-0.2, -0.15) is 31.9 Å². The van der Waals surface area contributed by atoms with Crippen LogP contribution in [0.1, 0.15) is 32.1 Å². The zero-order valence-electron chi connectivity index (χ0n) is 18.8. The van der Waals surface area contributed by atoms with E-state index in [2.05, 4.69) is 14.7 Å². The number of carbonyl (C=O) groups excluding carboxylic acids is 1. The van der Waals surface area contributed by atoms with Crippen LogP contribution in [0.25, 0.3) is 0 Å². The van der Waals surface area contributed by atoms with Gasteiger partial charge in [0.05, 0.1) is 5.54 Å². The van der Waals surface area contributed by atoms with Crippen molar-refractivity contribution in [1.82, 2.24) is 9.97 Å². The van der Waals surface area contributed by atoms with Crippen molar-refractivity contribution < 1.29 is 40.3 Å². The lowest BCUT2D eigenvalue weighted by atomic mass is 9.78. The van der Waals surface area contributed by atoms with Crippen LogP contribution in [0.3, 0.4) is 0 Å². The lowest BCUT2D eigenvalue weighted by Gasteiger charge is -2.51. The van der Waals surface area contributed by atoms with Gasteiger partial charge in [0.1, 0.15) is 5.82 Å². The number of anilines is 3. The summed E-state index contributed by atoms with van der Waals surface area (Å²) in [6.07, 6.45) is -3.47. The summed E-state index contributed by atoms with van der Waals surface area (Å²) in [4.78, 5) is 23.7. The molecule has 1 spiro atoms. The van der Waals surface area contributed by atoms with E-state index in [1.165, 1.54) is 11.0 Å². The molecule has 0 saturated carbocycles. The molecule has 0 unspecified atom stereocenters. The number of rotatable bonds is 5.